The molecule has 0 fully saturated rings. The molecular formula is C28H35ClN8O8. The second-order valence-electron chi connectivity index (χ2n) is 9.84. The van der Waals surface area contributed by atoms with Crippen LogP contribution in [0.5, 0.6) is 0 Å². The summed E-state index contributed by atoms with van der Waals surface area (Å²) in [5, 5.41) is 22.9. The maximum Gasteiger partial charge on any atom is 0.306 e. The van der Waals surface area contributed by atoms with Crippen molar-refractivity contribution < 1.29 is 29.4 Å². The van der Waals surface area contributed by atoms with E-state index < -0.39 is 28.9 Å². The number of amidine groups is 1. The molecule has 5 N–H and O–H groups in total. The minimum Gasteiger partial charge on any atom is -0.459 e. The molecule has 1 heterocycles. The summed E-state index contributed by atoms with van der Waals surface area (Å²) in [6.45, 7) is 1.71. The molecule has 1 aromatic heterocycles. The monoisotopic (exact) mass is 646 g/mol. The summed E-state index contributed by atoms with van der Waals surface area (Å²) in [5.74, 6) is 11.6. The maximum absolute atomic E-state index is 12.5. The van der Waals surface area contributed by atoms with Crippen LogP contribution in [0, 0.1) is 20.2 Å². The molecule has 0 amide bonds. The van der Waals surface area contributed by atoms with Crippen molar-refractivity contribution in [1.29, 1.82) is 0 Å². The minimum absolute atomic E-state index is 0.0344. The first-order valence-electron chi connectivity index (χ1n) is 14.1. The molecule has 3 aromatic rings. The number of carbonyl (C=O) groups is 1. The lowest BCUT2D eigenvalue weighted by Gasteiger charge is -2.15. The molecule has 3 rings (SSSR count). The molecule has 2 aromatic carbocycles. The molecule has 0 aliphatic rings. The maximum atomic E-state index is 12.5. The van der Waals surface area contributed by atoms with Gasteiger partial charge in [0.15, 0.2) is 11.0 Å². The quantitative estimate of drug-likeness (QED) is 0.0449. The number of unbranched alkanes of at least 4 members (excludes halogenated alkanes) is 1. The van der Waals surface area contributed by atoms with E-state index in [0.29, 0.717) is 24.5 Å². The van der Waals surface area contributed by atoms with Gasteiger partial charge in [0.2, 0.25) is 0 Å². The van der Waals surface area contributed by atoms with Crippen molar-refractivity contribution in [3.05, 3.63) is 96.6 Å². The number of hydrogen-bond acceptors (Lipinski definition) is 12. The highest BCUT2D eigenvalue weighted by Gasteiger charge is 2.20. The highest BCUT2D eigenvalue weighted by atomic mass is 35.5. The minimum atomic E-state index is -1.21. The lowest BCUT2D eigenvalue weighted by atomic mass is 9.98. The van der Waals surface area contributed by atoms with Gasteiger partial charge in [0.05, 0.1) is 5.69 Å². The Hall–Kier alpha value is -4.96. The number of hydrazone groups is 1. The molecule has 16 nitrogen and oxygen atoms in total. The van der Waals surface area contributed by atoms with Gasteiger partial charge in [-0.3, -0.25) is 4.79 Å². The van der Waals surface area contributed by atoms with Gasteiger partial charge in [-0.1, -0.05) is 73.5 Å². The molecule has 1 atom stereocenters. The number of imidazole rings is 1. The smallest absolute Gasteiger partial charge is 0.306 e. The molecule has 0 spiro atoms. The number of hydrogen-bond donors (Lipinski definition) is 3. The van der Waals surface area contributed by atoms with E-state index >= 15 is 0 Å². The molecular weight excluding hydrogens is 612 g/mol. The summed E-state index contributed by atoms with van der Waals surface area (Å²) in [6.07, 6.45) is 1.27. The number of halogens is 1. The van der Waals surface area contributed by atoms with E-state index in [4.69, 9.17) is 28.0 Å². The summed E-state index contributed by atoms with van der Waals surface area (Å²) in [7, 11) is 0. The number of nitrogens with zero attached hydrogens (tertiary/aromatic N) is 5. The van der Waals surface area contributed by atoms with Gasteiger partial charge < -0.3 is 30.2 Å². The molecule has 45 heavy (non-hydrogen) atoms. The number of hydrazine groups is 1. The predicted molar refractivity (Wildman–Crippen MR) is 163 cm³/mol. The first kappa shape index (κ1) is 34.5. The van der Waals surface area contributed by atoms with Gasteiger partial charge in [0.1, 0.15) is 25.1 Å². The topological polar surface area (TPSA) is 225 Å². The third kappa shape index (κ3) is 10.3. The molecule has 1 unspecified atom stereocenters. The van der Waals surface area contributed by atoms with E-state index in [-0.39, 0.29) is 31.0 Å². The van der Waals surface area contributed by atoms with Gasteiger partial charge in [-0.2, -0.15) is 5.10 Å². The SMILES string of the molecule is CCCCc1nc(Cl)c(COC(=O)CCCC(CO[N+](=O)[O-])O[N+](=O)[O-])n1Cc1ccc(-c2ccccc2/C(=N/N)NN)cc1. The summed E-state index contributed by atoms with van der Waals surface area (Å²) in [4.78, 5) is 46.6. The summed E-state index contributed by atoms with van der Waals surface area (Å²) < 4.78 is 7.40. The van der Waals surface area contributed by atoms with Crippen LogP contribution in [0.25, 0.3) is 11.1 Å². The Morgan fingerprint density at radius 1 is 1.13 bits per heavy atom. The van der Waals surface area contributed by atoms with E-state index in [1.54, 1.807) is 0 Å². The van der Waals surface area contributed by atoms with E-state index in [2.05, 4.69) is 32.1 Å². The number of ether oxygens (including phenoxy) is 1. The number of benzene rings is 2. The second-order valence-corrected chi connectivity index (χ2v) is 10.2. The summed E-state index contributed by atoms with van der Waals surface area (Å²) >= 11 is 6.50. The first-order valence-corrected chi connectivity index (χ1v) is 14.5. The summed E-state index contributed by atoms with van der Waals surface area (Å²) in [6, 6.07) is 15.4. The Morgan fingerprint density at radius 3 is 2.51 bits per heavy atom. The number of esters is 1. The molecule has 0 radical (unpaired) electrons. The van der Waals surface area contributed by atoms with Gasteiger partial charge in [-0.25, -0.2) is 10.8 Å². The third-order valence-electron chi connectivity index (χ3n) is 6.79. The van der Waals surface area contributed by atoms with E-state index in [9.17, 15) is 25.0 Å². The molecule has 17 heteroatoms. The van der Waals surface area contributed by atoms with Crippen molar-refractivity contribution in [2.45, 2.75) is 64.7 Å². The fourth-order valence-corrected chi connectivity index (χ4v) is 4.83. The van der Waals surface area contributed by atoms with Crippen molar-refractivity contribution in [1.82, 2.24) is 15.0 Å². The van der Waals surface area contributed by atoms with Crippen molar-refractivity contribution in [3.63, 3.8) is 0 Å². The number of rotatable bonds is 18. The van der Waals surface area contributed by atoms with Crippen LogP contribution in [0.2, 0.25) is 5.15 Å². The summed E-state index contributed by atoms with van der Waals surface area (Å²) in [5.41, 5.74) is 6.54. The van der Waals surface area contributed by atoms with Crippen LogP contribution in [-0.2, 0) is 38.8 Å². The Kier molecular flexibility index (Phi) is 13.3. The fraction of sp³-hybridized carbons (Fsp3) is 0.393. The van der Waals surface area contributed by atoms with Crippen LogP contribution in [0.3, 0.4) is 0 Å². The van der Waals surface area contributed by atoms with Crippen LogP contribution >= 0.6 is 11.6 Å². The second kappa shape index (κ2) is 17.4. The van der Waals surface area contributed by atoms with Gasteiger partial charge in [-0.05, 0) is 36.0 Å². The number of aryl methyl sites for hydroxylation is 1. The molecule has 0 bridgehead atoms. The Bertz CT molecular complexity index is 1480. The van der Waals surface area contributed by atoms with Crippen LogP contribution in [0.4, 0.5) is 0 Å². The van der Waals surface area contributed by atoms with Crippen LogP contribution in [0.1, 0.15) is 61.7 Å². The first-order chi connectivity index (χ1) is 21.7. The van der Waals surface area contributed by atoms with E-state index in [1.807, 2.05) is 53.1 Å². The van der Waals surface area contributed by atoms with Crippen LogP contribution in [-0.4, -0.2) is 44.2 Å². The van der Waals surface area contributed by atoms with Crippen molar-refractivity contribution in [3.8, 4) is 11.1 Å². The molecule has 242 valence electrons. The zero-order valence-corrected chi connectivity index (χ0v) is 25.4. The standard InChI is InChI=1S/C28H35ClN8O8/c1-2-3-10-25-32-27(29)24(18-43-26(38)11-6-7-21(45-37(41)42)17-44-36(39)40)35(25)16-19-12-14-20(15-13-19)22-8-4-5-9-23(22)28(33-30)34-31/h4-5,8-9,12-15,21H,2-3,6-7,10-11,16-18,30-31H2,1H3,(H,33,34). The van der Waals surface area contributed by atoms with Gasteiger partial charge in [-0.15, -0.1) is 20.2 Å². The lowest BCUT2D eigenvalue weighted by Crippen LogP contribution is -2.32. The number of carbonyl (C=O) groups excluding carboxylic acids is 1. The normalized spacial score (nSPS) is 11.9. The Labute approximate surface area is 263 Å². The van der Waals surface area contributed by atoms with Crippen molar-refractivity contribution in [2.24, 2.45) is 16.8 Å². The number of nitrogens with one attached hydrogen (secondary N) is 1. The lowest BCUT2D eigenvalue weighted by molar-refractivity contribution is -0.790. The van der Waals surface area contributed by atoms with Crippen LogP contribution < -0.4 is 17.1 Å². The molecule has 0 saturated carbocycles. The van der Waals surface area contributed by atoms with Gasteiger partial charge in [0, 0.05) is 24.9 Å². The third-order valence-corrected chi connectivity index (χ3v) is 7.09. The highest BCUT2D eigenvalue weighted by molar-refractivity contribution is 6.30. The largest absolute Gasteiger partial charge is 0.459 e. The number of aromatic nitrogens is 2. The van der Waals surface area contributed by atoms with Crippen molar-refractivity contribution in [2.75, 3.05) is 6.61 Å². The van der Waals surface area contributed by atoms with Crippen LogP contribution in [0.15, 0.2) is 53.6 Å². The van der Waals surface area contributed by atoms with Gasteiger partial charge in [0.25, 0.3) is 10.2 Å². The van der Waals surface area contributed by atoms with Gasteiger partial charge >= 0.3 is 5.97 Å². The highest BCUT2D eigenvalue weighted by Crippen LogP contribution is 2.26. The van der Waals surface area contributed by atoms with E-state index in [1.165, 1.54) is 0 Å². The zero-order valence-electron chi connectivity index (χ0n) is 24.6. The van der Waals surface area contributed by atoms with Crippen molar-refractivity contribution >= 4 is 23.4 Å². The fourth-order valence-electron chi connectivity index (χ4n) is 4.58. The molecule has 0 saturated heterocycles. The van der Waals surface area contributed by atoms with E-state index in [0.717, 1.165) is 40.9 Å². The molecule has 0 aliphatic carbocycles. The zero-order chi connectivity index (χ0) is 32.8. The average molecular weight is 647 g/mol. The average Bonchev–Trinajstić information content (AvgIpc) is 3.31. The predicted octanol–water partition coefficient (Wildman–Crippen LogP) is 3.68. The Morgan fingerprint density at radius 2 is 1.87 bits per heavy atom. The number of nitrogens with two attached hydrogens (primary N) is 2. The molecule has 0 aliphatic heterocycles. The Balaban J connectivity index is 1.71.